The van der Waals surface area contributed by atoms with Crippen LogP contribution in [0.1, 0.15) is 51.0 Å². The van der Waals surface area contributed by atoms with Gasteiger partial charge in [-0.05, 0) is 60.2 Å². The third-order valence-corrected chi connectivity index (χ3v) is 8.50. The molecule has 2 aromatic heterocycles. The summed E-state index contributed by atoms with van der Waals surface area (Å²) in [5.74, 6) is 2.62. The number of ether oxygens (including phenoxy) is 2. The van der Waals surface area contributed by atoms with E-state index in [0.29, 0.717) is 5.92 Å². The topological polar surface area (TPSA) is 66.5 Å². The summed E-state index contributed by atoms with van der Waals surface area (Å²) in [6.45, 7) is 8.71. The second kappa shape index (κ2) is 10.9. The standard InChI is InChI=1S/C32H39N5O2/c1-21(2)30-26-17-22(9-11-27(26)35-31(30)23-10-12-28(38-3)29(18-23)39-4)24-19-33-32(34-20-24)37-15-13-36(14-16-37)25-7-5-6-8-25/h9-12,17-21,25,35H,5-8,13-16H2,1-4H3. The molecule has 0 bridgehead atoms. The Labute approximate surface area is 231 Å². The fraction of sp³-hybridized carbons (Fsp3) is 0.438. The highest BCUT2D eigenvalue weighted by Crippen LogP contribution is 2.40. The summed E-state index contributed by atoms with van der Waals surface area (Å²) in [5.41, 5.74) is 6.76. The van der Waals surface area contributed by atoms with Crippen molar-refractivity contribution in [3.8, 4) is 33.9 Å². The SMILES string of the molecule is COc1ccc(-c2[nH]c3ccc(-c4cnc(N5CCN(C6CCCC6)CC5)nc4)cc3c2C(C)C)cc1OC. The molecule has 0 atom stereocenters. The van der Waals surface area contributed by atoms with Gasteiger partial charge < -0.3 is 19.4 Å². The van der Waals surface area contributed by atoms with Gasteiger partial charge >= 0.3 is 0 Å². The lowest BCUT2D eigenvalue weighted by atomic mass is 9.94. The minimum atomic E-state index is 0.332. The minimum Gasteiger partial charge on any atom is -0.493 e. The smallest absolute Gasteiger partial charge is 0.225 e. The number of benzene rings is 2. The third-order valence-electron chi connectivity index (χ3n) is 8.50. The Morgan fingerprint density at radius 2 is 1.51 bits per heavy atom. The number of methoxy groups -OCH3 is 2. The molecule has 1 saturated heterocycles. The zero-order valence-corrected chi connectivity index (χ0v) is 23.5. The molecular weight excluding hydrogens is 486 g/mol. The van der Waals surface area contributed by atoms with Gasteiger partial charge in [-0.3, -0.25) is 4.90 Å². The number of piperazine rings is 1. The van der Waals surface area contributed by atoms with Gasteiger partial charge in [-0.25, -0.2) is 9.97 Å². The van der Waals surface area contributed by atoms with Gasteiger partial charge in [-0.15, -0.1) is 0 Å². The minimum absolute atomic E-state index is 0.332. The van der Waals surface area contributed by atoms with Crippen molar-refractivity contribution in [2.75, 3.05) is 45.3 Å². The number of aromatic amines is 1. The van der Waals surface area contributed by atoms with Crippen LogP contribution in [0.5, 0.6) is 11.5 Å². The second-order valence-corrected chi connectivity index (χ2v) is 11.1. The molecule has 0 radical (unpaired) electrons. The highest BCUT2D eigenvalue weighted by molar-refractivity contribution is 5.94. The first-order chi connectivity index (χ1) is 19.1. The van der Waals surface area contributed by atoms with Crippen molar-refractivity contribution in [3.05, 3.63) is 54.4 Å². The number of fused-ring (bicyclic) bond motifs is 1. The first-order valence-corrected chi connectivity index (χ1v) is 14.2. The van der Waals surface area contributed by atoms with Gasteiger partial charge in [0.2, 0.25) is 5.95 Å². The van der Waals surface area contributed by atoms with Crippen LogP contribution >= 0.6 is 0 Å². The monoisotopic (exact) mass is 525 g/mol. The van der Waals surface area contributed by atoms with Crippen molar-refractivity contribution in [2.24, 2.45) is 0 Å². The molecule has 2 aromatic carbocycles. The molecule has 6 rings (SSSR count). The average Bonchev–Trinajstić information content (AvgIpc) is 3.65. The predicted molar refractivity (Wildman–Crippen MR) is 158 cm³/mol. The Morgan fingerprint density at radius 3 is 2.18 bits per heavy atom. The van der Waals surface area contributed by atoms with Crippen molar-refractivity contribution in [2.45, 2.75) is 51.5 Å². The van der Waals surface area contributed by atoms with Crippen LogP contribution in [0.4, 0.5) is 5.95 Å². The van der Waals surface area contributed by atoms with Crippen LogP contribution in [0.25, 0.3) is 33.3 Å². The lowest BCUT2D eigenvalue weighted by Gasteiger charge is -2.38. The maximum Gasteiger partial charge on any atom is 0.225 e. The number of rotatable bonds is 7. The highest BCUT2D eigenvalue weighted by Gasteiger charge is 2.27. The van der Waals surface area contributed by atoms with E-state index in [1.165, 1.54) is 36.6 Å². The van der Waals surface area contributed by atoms with Gasteiger partial charge in [-0.1, -0.05) is 32.8 Å². The lowest BCUT2D eigenvalue weighted by Crippen LogP contribution is -2.50. The molecule has 3 heterocycles. The molecule has 0 spiro atoms. The molecule has 1 aliphatic heterocycles. The summed E-state index contributed by atoms with van der Waals surface area (Å²) < 4.78 is 11.0. The molecular formula is C32H39N5O2. The van der Waals surface area contributed by atoms with E-state index in [1.54, 1.807) is 14.2 Å². The first kappa shape index (κ1) is 25.7. The molecule has 1 aliphatic carbocycles. The Morgan fingerprint density at radius 1 is 0.821 bits per heavy atom. The fourth-order valence-corrected chi connectivity index (χ4v) is 6.40. The fourth-order valence-electron chi connectivity index (χ4n) is 6.40. The van der Waals surface area contributed by atoms with Crippen molar-refractivity contribution >= 4 is 16.9 Å². The Bertz CT molecular complexity index is 1430. The van der Waals surface area contributed by atoms with E-state index in [9.17, 15) is 0 Å². The largest absolute Gasteiger partial charge is 0.493 e. The summed E-state index contributed by atoms with van der Waals surface area (Å²) >= 11 is 0. The molecule has 39 heavy (non-hydrogen) atoms. The zero-order chi connectivity index (χ0) is 26.9. The van der Waals surface area contributed by atoms with Gasteiger partial charge in [0.05, 0.1) is 19.9 Å². The van der Waals surface area contributed by atoms with Crippen LogP contribution < -0.4 is 14.4 Å². The zero-order valence-electron chi connectivity index (χ0n) is 23.5. The van der Waals surface area contributed by atoms with Gasteiger partial charge in [-0.2, -0.15) is 0 Å². The molecule has 4 aromatic rings. The second-order valence-electron chi connectivity index (χ2n) is 11.1. The van der Waals surface area contributed by atoms with E-state index >= 15 is 0 Å². The molecule has 0 amide bonds. The lowest BCUT2D eigenvalue weighted by molar-refractivity contribution is 0.187. The van der Waals surface area contributed by atoms with Gasteiger partial charge in [0.15, 0.2) is 11.5 Å². The highest BCUT2D eigenvalue weighted by atomic mass is 16.5. The summed E-state index contributed by atoms with van der Waals surface area (Å²) in [4.78, 5) is 18.2. The number of hydrogen-bond donors (Lipinski definition) is 1. The molecule has 1 N–H and O–H groups in total. The van der Waals surface area contributed by atoms with Gasteiger partial charge in [0.25, 0.3) is 0 Å². The van der Waals surface area contributed by atoms with Crippen molar-refractivity contribution < 1.29 is 9.47 Å². The van der Waals surface area contributed by atoms with E-state index in [-0.39, 0.29) is 0 Å². The van der Waals surface area contributed by atoms with Crippen molar-refractivity contribution in [1.82, 2.24) is 19.9 Å². The summed E-state index contributed by atoms with van der Waals surface area (Å²) in [6, 6.07) is 13.5. The van der Waals surface area contributed by atoms with E-state index in [0.717, 1.165) is 77.6 Å². The Balaban J connectivity index is 1.25. The van der Waals surface area contributed by atoms with E-state index < -0.39 is 0 Å². The molecule has 2 aliphatic rings. The Hall–Kier alpha value is -3.58. The number of hydrogen-bond acceptors (Lipinski definition) is 6. The Kier molecular flexibility index (Phi) is 7.17. The quantitative estimate of drug-likeness (QED) is 0.297. The van der Waals surface area contributed by atoms with Crippen molar-refractivity contribution in [3.63, 3.8) is 0 Å². The number of aromatic nitrogens is 3. The summed E-state index contributed by atoms with van der Waals surface area (Å²) in [5, 5.41) is 1.22. The number of nitrogens with zero attached hydrogens (tertiary/aromatic N) is 4. The predicted octanol–water partition coefficient (Wildman–Crippen LogP) is 6.50. The van der Waals surface area contributed by atoms with Crippen LogP contribution in [0.2, 0.25) is 0 Å². The molecule has 7 heteroatoms. The molecule has 1 saturated carbocycles. The first-order valence-electron chi connectivity index (χ1n) is 14.2. The number of H-pyrrole nitrogens is 1. The van der Waals surface area contributed by atoms with Gasteiger partial charge in [0.1, 0.15) is 0 Å². The summed E-state index contributed by atoms with van der Waals surface area (Å²) in [6.07, 6.45) is 9.46. The third kappa shape index (κ3) is 4.96. The van der Waals surface area contributed by atoms with Crippen LogP contribution in [0, 0.1) is 0 Å². The van der Waals surface area contributed by atoms with Crippen molar-refractivity contribution in [1.29, 1.82) is 0 Å². The van der Waals surface area contributed by atoms with E-state index in [2.05, 4.69) is 52.9 Å². The van der Waals surface area contributed by atoms with E-state index in [4.69, 9.17) is 19.4 Å². The van der Waals surface area contributed by atoms with E-state index in [1.807, 2.05) is 24.5 Å². The average molecular weight is 526 g/mol. The maximum absolute atomic E-state index is 5.57. The summed E-state index contributed by atoms with van der Waals surface area (Å²) in [7, 11) is 3.33. The normalized spacial score (nSPS) is 16.9. The molecule has 0 unspecified atom stereocenters. The maximum atomic E-state index is 5.57. The number of anilines is 1. The van der Waals surface area contributed by atoms with Crippen LogP contribution in [-0.2, 0) is 0 Å². The van der Waals surface area contributed by atoms with Crippen LogP contribution in [-0.4, -0.2) is 66.3 Å². The van der Waals surface area contributed by atoms with Gasteiger partial charge in [0, 0.05) is 66.6 Å². The van der Waals surface area contributed by atoms with Crippen LogP contribution in [0.3, 0.4) is 0 Å². The molecule has 204 valence electrons. The number of nitrogens with one attached hydrogen (secondary N) is 1. The molecule has 7 nitrogen and oxygen atoms in total. The molecule has 2 fully saturated rings. The van der Waals surface area contributed by atoms with Crippen LogP contribution in [0.15, 0.2) is 48.8 Å².